The lowest BCUT2D eigenvalue weighted by Gasteiger charge is -2.39. The van der Waals surface area contributed by atoms with E-state index in [4.69, 9.17) is 10.5 Å². The number of carbonyl (C=O) groups is 1. The molecule has 1 aliphatic heterocycles. The van der Waals surface area contributed by atoms with Gasteiger partial charge in [0.15, 0.2) is 0 Å². The van der Waals surface area contributed by atoms with E-state index in [1.165, 1.54) is 31.2 Å². The number of nitrogens with two attached hydrogens (primary N) is 1. The third-order valence-corrected chi connectivity index (χ3v) is 5.67. The Balaban J connectivity index is 1.68. The summed E-state index contributed by atoms with van der Waals surface area (Å²) in [5.41, 5.74) is 6.70. The zero-order chi connectivity index (χ0) is 16.1. The Hall–Kier alpha value is -1.39. The third kappa shape index (κ3) is 3.75. The molecular weight excluding hydrogens is 288 g/mol. The summed E-state index contributed by atoms with van der Waals surface area (Å²) in [7, 11) is 0. The van der Waals surface area contributed by atoms with Crippen LogP contribution in [0.15, 0.2) is 30.3 Å². The smallest absolute Gasteiger partial charge is 0.225 e. The van der Waals surface area contributed by atoms with Crippen molar-refractivity contribution in [2.24, 2.45) is 11.1 Å². The fraction of sp³-hybridized carbons (Fsp3) is 0.632. The SMILES string of the molecule is NC(=O)C1(CN[C@@H]2CCCC[C@@H]2c2ccccc2)CCOCC1. The minimum Gasteiger partial charge on any atom is -0.381 e. The number of benzene rings is 1. The maximum absolute atomic E-state index is 12.0. The zero-order valence-electron chi connectivity index (χ0n) is 13.8. The van der Waals surface area contributed by atoms with Crippen molar-refractivity contribution < 1.29 is 9.53 Å². The van der Waals surface area contributed by atoms with Crippen LogP contribution in [0, 0.1) is 5.41 Å². The summed E-state index contributed by atoms with van der Waals surface area (Å²) >= 11 is 0. The summed E-state index contributed by atoms with van der Waals surface area (Å²) in [6.07, 6.45) is 6.40. The predicted octanol–water partition coefficient (Wildman–Crippen LogP) is 2.58. The Bertz CT molecular complexity index is 511. The molecule has 1 saturated carbocycles. The summed E-state index contributed by atoms with van der Waals surface area (Å²) in [4.78, 5) is 12.0. The first-order valence-electron chi connectivity index (χ1n) is 8.87. The quantitative estimate of drug-likeness (QED) is 0.877. The lowest BCUT2D eigenvalue weighted by molar-refractivity contribution is -0.133. The third-order valence-electron chi connectivity index (χ3n) is 5.67. The molecule has 1 aromatic carbocycles. The normalized spacial score (nSPS) is 27.5. The van der Waals surface area contributed by atoms with Crippen molar-refractivity contribution in [2.75, 3.05) is 19.8 Å². The van der Waals surface area contributed by atoms with Gasteiger partial charge in [-0.15, -0.1) is 0 Å². The molecule has 1 aliphatic carbocycles. The molecule has 1 saturated heterocycles. The van der Waals surface area contributed by atoms with Crippen molar-refractivity contribution >= 4 is 5.91 Å². The van der Waals surface area contributed by atoms with Gasteiger partial charge in [-0.2, -0.15) is 0 Å². The molecule has 0 bridgehead atoms. The molecule has 126 valence electrons. The van der Waals surface area contributed by atoms with Crippen molar-refractivity contribution in [3.63, 3.8) is 0 Å². The lowest BCUT2D eigenvalue weighted by Crippen LogP contribution is -2.51. The van der Waals surface area contributed by atoms with E-state index < -0.39 is 5.41 Å². The molecule has 1 amide bonds. The number of nitrogens with one attached hydrogen (secondary N) is 1. The van der Waals surface area contributed by atoms with Crippen LogP contribution < -0.4 is 11.1 Å². The van der Waals surface area contributed by atoms with E-state index in [0.29, 0.717) is 31.7 Å². The van der Waals surface area contributed by atoms with Gasteiger partial charge in [-0.25, -0.2) is 0 Å². The number of hydrogen-bond donors (Lipinski definition) is 2. The van der Waals surface area contributed by atoms with E-state index in [9.17, 15) is 4.79 Å². The zero-order valence-corrected chi connectivity index (χ0v) is 13.8. The maximum atomic E-state index is 12.0. The lowest BCUT2D eigenvalue weighted by atomic mass is 9.76. The molecule has 23 heavy (non-hydrogen) atoms. The van der Waals surface area contributed by atoms with E-state index in [2.05, 4.69) is 35.6 Å². The summed E-state index contributed by atoms with van der Waals surface area (Å²) in [5, 5.41) is 3.71. The number of ether oxygens (including phenoxy) is 1. The van der Waals surface area contributed by atoms with Crippen molar-refractivity contribution in [1.29, 1.82) is 0 Å². The summed E-state index contributed by atoms with van der Waals surface area (Å²) in [6, 6.07) is 11.2. The fourth-order valence-corrected chi connectivity index (χ4v) is 4.07. The standard InChI is InChI=1S/C19H28N2O2/c20-18(22)19(10-12-23-13-11-19)14-21-17-9-5-4-8-16(17)15-6-2-1-3-7-15/h1-3,6-7,16-17,21H,4-5,8-14H2,(H2,20,22)/t16-,17-/m1/s1. The summed E-state index contributed by atoms with van der Waals surface area (Å²) in [6.45, 7) is 1.95. The van der Waals surface area contributed by atoms with Crippen LogP contribution in [0.3, 0.4) is 0 Å². The van der Waals surface area contributed by atoms with Crippen LogP contribution >= 0.6 is 0 Å². The van der Waals surface area contributed by atoms with Gasteiger partial charge in [-0.05, 0) is 37.2 Å². The van der Waals surface area contributed by atoms with Gasteiger partial charge >= 0.3 is 0 Å². The van der Waals surface area contributed by atoms with Crippen molar-refractivity contribution in [2.45, 2.75) is 50.5 Å². The highest BCUT2D eigenvalue weighted by atomic mass is 16.5. The Kier molecular flexibility index (Phi) is 5.34. The van der Waals surface area contributed by atoms with Crippen LogP contribution in [0.4, 0.5) is 0 Å². The van der Waals surface area contributed by atoms with Crippen molar-refractivity contribution in [3.8, 4) is 0 Å². The molecule has 2 atom stereocenters. The molecule has 0 unspecified atom stereocenters. The number of hydrogen-bond acceptors (Lipinski definition) is 3. The second-order valence-electron chi connectivity index (χ2n) is 7.05. The second kappa shape index (κ2) is 7.45. The van der Waals surface area contributed by atoms with Gasteiger partial charge in [-0.3, -0.25) is 4.79 Å². The van der Waals surface area contributed by atoms with Gasteiger partial charge in [0, 0.05) is 25.8 Å². The maximum Gasteiger partial charge on any atom is 0.225 e. The van der Waals surface area contributed by atoms with E-state index in [1.54, 1.807) is 0 Å². The first-order valence-corrected chi connectivity index (χ1v) is 8.87. The largest absolute Gasteiger partial charge is 0.381 e. The van der Waals surface area contributed by atoms with E-state index >= 15 is 0 Å². The van der Waals surface area contributed by atoms with E-state index in [1.807, 2.05) is 0 Å². The minimum atomic E-state index is -0.434. The number of rotatable bonds is 5. The molecule has 4 nitrogen and oxygen atoms in total. The second-order valence-corrected chi connectivity index (χ2v) is 7.05. The average molecular weight is 316 g/mol. The number of primary amides is 1. The minimum absolute atomic E-state index is 0.180. The van der Waals surface area contributed by atoms with Crippen LogP contribution in [0.1, 0.15) is 50.0 Å². The van der Waals surface area contributed by atoms with Gasteiger partial charge in [-0.1, -0.05) is 43.2 Å². The van der Waals surface area contributed by atoms with Crippen LogP contribution in [0.2, 0.25) is 0 Å². The Morgan fingerprint density at radius 3 is 2.57 bits per heavy atom. The first kappa shape index (κ1) is 16.5. The molecule has 2 aliphatic rings. The highest BCUT2D eigenvalue weighted by molar-refractivity contribution is 5.81. The molecule has 0 aromatic heterocycles. The number of carbonyl (C=O) groups excluding carboxylic acids is 1. The van der Waals surface area contributed by atoms with Gasteiger partial charge in [0.25, 0.3) is 0 Å². The van der Waals surface area contributed by atoms with Crippen molar-refractivity contribution in [3.05, 3.63) is 35.9 Å². The predicted molar refractivity (Wildman–Crippen MR) is 91.1 cm³/mol. The summed E-state index contributed by atoms with van der Waals surface area (Å²) in [5.74, 6) is 0.357. The van der Waals surface area contributed by atoms with Gasteiger partial charge in [0.05, 0.1) is 5.41 Å². The Morgan fingerprint density at radius 1 is 1.17 bits per heavy atom. The Morgan fingerprint density at radius 2 is 1.87 bits per heavy atom. The number of amides is 1. The molecule has 0 radical (unpaired) electrons. The Labute approximate surface area is 138 Å². The topological polar surface area (TPSA) is 64.4 Å². The molecule has 3 rings (SSSR count). The van der Waals surface area contributed by atoms with E-state index in [0.717, 1.165) is 12.8 Å². The van der Waals surface area contributed by atoms with Crippen LogP contribution in [-0.4, -0.2) is 31.7 Å². The molecule has 2 fully saturated rings. The van der Waals surface area contributed by atoms with E-state index in [-0.39, 0.29) is 5.91 Å². The summed E-state index contributed by atoms with van der Waals surface area (Å²) < 4.78 is 5.42. The van der Waals surface area contributed by atoms with Crippen LogP contribution in [0.5, 0.6) is 0 Å². The van der Waals surface area contributed by atoms with Crippen LogP contribution in [0.25, 0.3) is 0 Å². The first-order chi connectivity index (χ1) is 11.2. The van der Waals surface area contributed by atoms with Crippen molar-refractivity contribution in [1.82, 2.24) is 5.32 Å². The average Bonchev–Trinajstić information content (AvgIpc) is 2.62. The molecule has 4 heteroatoms. The highest BCUT2D eigenvalue weighted by Crippen LogP contribution is 2.35. The monoisotopic (exact) mass is 316 g/mol. The molecule has 1 aromatic rings. The molecule has 3 N–H and O–H groups in total. The highest BCUT2D eigenvalue weighted by Gasteiger charge is 2.39. The molecule has 1 heterocycles. The van der Waals surface area contributed by atoms with Gasteiger partial charge < -0.3 is 15.8 Å². The molecule has 0 spiro atoms. The van der Waals surface area contributed by atoms with Gasteiger partial charge in [0.1, 0.15) is 0 Å². The van der Waals surface area contributed by atoms with Crippen LogP contribution in [-0.2, 0) is 9.53 Å². The fourth-order valence-electron chi connectivity index (χ4n) is 4.07. The molecular formula is C19H28N2O2. The van der Waals surface area contributed by atoms with Gasteiger partial charge in [0.2, 0.25) is 5.91 Å².